The van der Waals surface area contributed by atoms with Crippen molar-refractivity contribution in [2.45, 2.75) is 25.7 Å². The number of hydrogen-bond donors (Lipinski definition) is 0. The SMILES string of the molecule is O=c1c(CN2CCc3nc(C(F)(F)F)ncc3C2)coc2ccc([N+](=O)[O-])cc12. The molecule has 8 nitrogen and oxygen atoms in total. The number of non-ortho nitro benzene ring substituents is 1. The number of fused-ring (bicyclic) bond motifs is 2. The van der Waals surface area contributed by atoms with E-state index in [9.17, 15) is 28.1 Å². The highest BCUT2D eigenvalue weighted by Gasteiger charge is 2.35. The number of nitro benzene ring substituents is 1. The van der Waals surface area contributed by atoms with E-state index in [4.69, 9.17) is 4.42 Å². The fraction of sp³-hybridized carbons (Fsp3) is 0.278. The molecule has 0 saturated carbocycles. The van der Waals surface area contributed by atoms with Gasteiger partial charge in [-0.25, -0.2) is 9.97 Å². The Morgan fingerprint density at radius 1 is 1.31 bits per heavy atom. The molecule has 0 N–H and O–H groups in total. The molecule has 150 valence electrons. The summed E-state index contributed by atoms with van der Waals surface area (Å²) in [4.78, 5) is 31.9. The fourth-order valence-corrected chi connectivity index (χ4v) is 3.27. The predicted molar refractivity (Wildman–Crippen MR) is 94.0 cm³/mol. The zero-order valence-electron chi connectivity index (χ0n) is 14.8. The van der Waals surface area contributed by atoms with Crippen molar-refractivity contribution < 1.29 is 22.5 Å². The van der Waals surface area contributed by atoms with Gasteiger partial charge in [0.25, 0.3) is 5.69 Å². The van der Waals surface area contributed by atoms with Gasteiger partial charge in [-0.2, -0.15) is 13.2 Å². The van der Waals surface area contributed by atoms with Crippen LogP contribution in [0.3, 0.4) is 0 Å². The van der Waals surface area contributed by atoms with Gasteiger partial charge in [-0.1, -0.05) is 0 Å². The van der Waals surface area contributed by atoms with Crippen molar-refractivity contribution in [3.8, 4) is 0 Å². The van der Waals surface area contributed by atoms with E-state index in [1.165, 1.54) is 24.5 Å². The third kappa shape index (κ3) is 3.68. The third-order valence-electron chi connectivity index (χ3n) is 4.70. The zero-order valence-corrected chi connectivity index (χ0v) is 14.8. The Balaban J connectivity index is 1.59. The van der Waals surface area contributed by atoms with Gasteiger partial charge in [0, 0.05) is 55.5 Å². The Kier molecular flexibility index (Phi) is 4.53. The molecule has 3 heterocycles. The smallest absolute Gasteiger partial charge is 0.451 e. The Morgan fingerprint density at radius 2 is 2.10 bits per heavy atom. The van der Waals surface area contributed by atoms with Crippen molar-refractivity contribution in [2.75, 3.05) is 6.54 Å². The third-order valence-corrected chi connectivity index (χ3v) is 4.70. The van der Waals surface area contributed by atoms with Crippen LogP contribution in [0.4, 0.5) is 18.9 Å². The highest BCUT2D eigenvalue weighted by atomic mass is 19.4. The molecule has 0 bridgehead atoms. The molecule has 29 heavy (non-hydrogen) atoms. The van der Waals surface area contributed by atoms with Crippen LogP contribution in [0.2, 0.25) is 0 Å². The first kappa shape index (κ1) is 19.0. The number of benzene rings is 1. The van der Waals surface area contributed by atoms with Crippen LogP contribution >= 0.6 is 0 Å². The molecule has 2 aromatic heterocycles. The fourth-order valence-electron chi connectivity index (χ4n) is 3.27. The molecule has 0 atom stereocenters. The lowest BCUT2D eigenvalue weighted by Crippen LogP contribution is -2.33. The van der Waals surface area contributed by atoms with Gasteiger partial charge in [-0.05, 0) is 6.07 Å². The molecule has 4 rings (SSSR count). The van der Waals surface area contributed by atoms with Gasteiger partial charge >= 0.3 is 6.18 Å². The van der Waals surface area contributed by atoms with Gasteiger partial charge < -0.3 is 4.42 Å². The molecule has 0 saturated heterocycles. The molecule has 0 spiro atoms. The van der Waals surface area contributed by atoms with Crippen molar-refractivity contribution in [1.82, 2.24) is 14.9 Å². The van der Waals surface area contributed by atoms with Gasteiger partial charge in [-0.15, -0.1) is 0 Å². The average Bonchev–Trinajstić information content (AvgIpc) is 2.68. The second-order valence-electron chi connectivity index (χ2n) is 6.65. The first-order valence-electron chi connectivity index (χ1n) is 8.55. The average molecular weight is 406 g/mol. The van der Waals surface area contributed by atoms with Crippen LogP contribution < -0.4 is 5.43 Å². The molecule has 1 aliphatic heterocycles. The summed E-state index contributed by atoms with van der Waals surface area (Å²) < 4.78 is 43.7. The Hall–Kier alpha value is -3.34. The van der Waals surface area contributed by atoms with Crippen molar-refractivity contribution in [3.63, 3.8) is 0 Å². The van der Waals surface area contributed by atoms with Crippen molar-refractivity contribution in [3.05, 3.63) is 73.6 Å². The maximum Gasteiger partial charge on any atom is 0.451 e. The topological polar surface area (TPSA) is 102 Å². The van der Waals surface area contributed by atoms with E-state index in [2.05, 4.69) is 9.97 Å². The van der Waals surface area contributed by atoms with Crippen molar-refractivity contribution >= 4 is 16.7 Å². The molecule has 0 unspecified atom stereocenters. The predicted octanol–water partition coefficient (Wildman–Crippen LogP) is 3.07. The number of halogens is 3. The lowest BCUT2D eigenvalue weighted by Gasteiger charge is -2.27. The zero-order chi connectivity index (χ0) is 20.8. The van der Waals surface area contributed by atoms with Crippen LogP contribution in [-0.4, -0.2) is 26.3 Å². The maximum atomic E-state index is 12.7. The molecule has 0 radical (unpaired) electrons. The van der Waals surface area contributed by atoms with Crippen molar-refractivity contribution in [2.24, 2.45) is 0 Å². The number of nitrogens with zero attached hydrogens (tertiary/aromatic N) is 4. The molecule has 0 aliphatic carbocycles. The number of aromatic nitrogens is 2. The summed E-state index contributed by atoms with van der Waals surface area (Å²) >= 11 is 0. The van der Waals surface area contributed by atoms with E-state index in [0.29, 0.717) is 23.4 Å². The Bertz CT molecular complexity index is 1180. The first-order valence-corrected chi connectivity index (χ1v) is 8.55. The quantitative estimate of drug-likeness (QED) is 0.486. The summed E-state index contributed by atoms with van der Waals surface area (Å²) in [6.45, 7) is 0.856. The van der Waals surface area contributed by atoms with Crippen LogP contribution in [0.5, 0.6) is 0 Å². The van der Waals surface area contributed by atoms with Gasteiger partial charge in [0.15, 0.2) is 5.43 Å². The summed E-state index contributed by atoms with van der Waals surface area (Å²) in [5.41, 5.74) is 0.835. The molecular formula is C18H13F3N4O4. The van der Waals surface area contributed by atoms with E-state index in [1.807, 2.05) is 4.90 Å². The molecular weight excluding hydrogens is 393 g/mol. The van der Waals surface area contributed by atoms with Gasteiger partial charge in [0.2, 0.25) is 5.82 Å². The minimum Gasteiger partial charge on any atom is -0.464 e. The van der Waals surface area contributed by atoms with E-state index in [0.717, 1.165) is 6.20 Å². The summed E-state index contributed by atoms with van der Waals surface area (Å²) in [6, 6.07) is 3.79. The molecule has 1 aliphatic rings. The lowest BCUT2D eigenvalue weighted by atomic mass is 10.1. The van der Waals surface area contributed by atoms with E-state index >= 15 is 0 Å². The molecule has 3 aromatic rings. The highest BCUT2D eigenvalue weighted by molar-refractivity contribution is 5.79. The highest BCUT2D eigenvalue weighted by Crippen LogP contribution is 2.28. The van der Waals surface area contributed by atoms with Crippen LogP contribution in [-0.2, 0) is 25.7 Å². The van der Waals surface area contributed by atoms with Crippen LogP contribution in [0.25, 0.3) is 11.0 Å². The molecule has 1 aromatic carbocycles. The number of hydrogen-bond acceptors (Lipinski definition) is 7. The largest absolute Gasteiger partial charge is 0.464 e. The summed E-state index contributed by atoms with van der Waals surface area (Å²) in [5.74, 6) is -1.17. The summed E-state index contributed by atoms with van der Waals surface area (Å²) in [7, 11) is 0. The summed E-state index contributed by atoms with van der Waals surface area (Å²) in [6.07, 6.45) is -1.86. The molecule has 0 fully saturated rings. The van der Waals surface area contributed by atoms with Crippen LogP contribution in [0, 0.1) is 10.1 Å². The second kappa shape index (κ2) is 6.92. The van der Waals surface area contributed by atoms with Crippen molar-refractivity contribution in [1.29, 1.82) is 0 Å². The van der Waals surface area contributed by atoms with E-state index in [1.54, 1.807) is 0 Å². The standard InChI is InChI=1S/C18H13F3N4O4/c19-18(20,21)17-22-6-10-7-24(4-3-14(10)23-17)8-11-9-29-15-2-1-12(25(27)28)5-13(15)16(11)26/h1-2,5-6,9H,3-4,7-8H2. The van der Waals surface area contributed by atoms with Gasteiger partial charge in [-0.3, -0.25) is 19.8 Å². The second-order valence-corrected chi connectivity index (χ2v) is 6.65. The first-order chi connectivity index (χ1) is 13.7. The summed E-state index contributed by atoms with van der Waals surface area (Å²) in [5, 5.41) is 11.0. The molecule has 0 amide bonds. The Morgan fingerprint density at radius 3 is 2.83 bits per heavy atom. The lowest BCUT2D eigenvalue weighted by molar-refractivity contribution is -0.384. The Labute approximate surface area is 160 Å². The maximum absolute atomic E-state index is 12.7. The number of nitro groups is 1. The minimum absolute atomic E-state index is 0.104. The van der Waals surface area contributed by atoms with E-state index < -0.39 is 16.9 Å². The number of rotatable bonds is 3. The van der Waals surface area contributed by atoms with Gasteiger partial charge in [0.05, 0.1) is 22.3 Å². The van der Waals surface area contributed by atoms with Crippen LogP contribution in [0.1, 0.15) is 22.6 Å². The number of alkyl halides is 3. The normalized spacial score (nSPS) is 14.7. The van der Waals surface area contributed by atoms with Gasteiger partial charge in [0.1, 0.15) is 5.58 Å². The monoisotopic (exact) mass is 406 g/mol. The van der Waals surface area contributed by atoms with E-state index in [-0.39, 0.29) is 41.6 Å². The molecule has 11 heteroatoms. The minimum atomic E-state index is -4.60. The van der Waals surface area contributed by atoms with Crippen LogP contribution in [0.15, 0.2) is 39.9 Å².